The minimum atomic E-state index is -0.278. The van der Waals surface area contributed by atoms with E-state index >= 15 is 0 Å². The van der Waals surface area contributed by atoms with Crippen LogP contribution in [0.25, 0.3) is 28.2 Å². The molecule has 1 aliphatic rings. The molecule has 1 saturated heterocycles. The summed E-state index contributed by atoms with van der Waals surface area (Å²) < 4.78 is 2.00. The molecule has 5 aromatic rings. The van der Waals surface area contributed by atoms with Crippen LogP contribution >= 0.6 is 23.2 Å². The maximum atomic E-state index is 9.89. The summed E-state index contributed by atoms with van der Waals surface area (Å²) in [5, 5.41) is 11.1. The summed E-state index contributed by atoms with van der Waals surface area (Å²) >= 11 is 12.8. The zero-order valence-corrected chi connectivity index (χ0v) is 21.9. The number of aromatic nitrogens is 4. The first kappa shape index (κ1) is 24.4. The van der Waals surface area contributed by atoms with Crippen LogP contribution in [0.1, 0.15) is 11.6 Å². The number of rotatable bonds is 5. The lowest BCUT2D eigenvalue weighted by Gasteiger charge is -2.37. The van der Waals surface area contributed by atoms with Crippen LogP contribution in [-0.4, -0.2) is 50.6 Å². The first-order valence-electron chi connectivity index (χ1n) is 12.3. The minimum Gasteiger partial charge on any atom is -0.352 e. The lowest BCUT2D eigenvalue weighted by Crippen LogP contribution is -2.47. The number of anilines is 1. The first-order valence-corrected chi connectivity index (χ1v) is 13.1. The van der Waals surface area contributed by atoms with Crippen molar-refractivity contribution in [2.75, 3.05) is 31.1 Å². The summed E-state index contributed by atoms with van der Waals surface area (Å²) in [6.07, 6.45) is 1.58. The predicted octanol–water partition coefficient (Wildman–Crippen LogP) is 6.18. The average Bonchev–Trinajstić information content (AvgIpc) is 3.35. The molecule has 3 aromatic carbocycles. The van der Waals surface area contributed by atoms with Gasteiger partial charge in [0.25, 0.3) is 0 Å². The van der Waals surface area contributed by atoms with E-state index in [-0.39, 0.29) is 6.04 Å². The van der Waals surface area contributed by atoms with Crippen LogP contribution in [0.3, 0.4) is 0 Å². The lowest BCUT2D eigenvalue weighted by atomic mass is 10.1. The fraction of sp³-hybridized carbons (Fsp3) is 0.172. The topological polar surface area (TPSA) is 73.9 Å². The molecule has 1 fully saturated rings. The van der Waals surface area contributed by atoms with Crippen LogP contribution in [0.2, 0.25) is 10.0 Å². The molecule has 38 heavy (non-hydrogen) atoms. The van der Waals surface area contributed by atoms with E-state index in [1.165, 1.54) is 0 Å². The van der Waals surface area contributed by atoms with E-state index in [4.69, 9.17) is 28.2 Å². The third-order valence-corrected chi connectivity index (χ3v) is 7.42. The second-order valence-corrected chi connectivity index (χ2v) is 9.91. The standard InChI is InChI=1S/C29H23Cl2N7/c30-21-10-12-22(13-11-21)38-27(23-8-4-5-9-24(23)31)35-26-28(33-19-34-29(26)38)37-16-14-36(15-17-37)25(18-32)20-6-2-1-3-7-20/h1-13,19,25H,14-17H2. The molecule has 0 bridgehead atoms. The second-order valence-electron chi connectivity index (χ2n) is 9.06. The van der Waals surface area contributed by atoms with E-state index in [0.29, 0.717) is 40.1 Å². The molecule has 1 unspecified atom stereocenters. The Kier molecular flexibility index (Phi) is 6.69. The summed E-state index contributed by atoms with van der Waals surface area (Å²) in [6.45, 7) is 2.89. The highest BCUT2D eigenvalue weighted by molar-refractivity contribution is 6.33. The molecule has 0 N–H and O–H groups in total. The SMILES string of the molecule is N#CC(c1ccccc1)N1CCN(c2ncnc3c2nc(-c2ccccc2Cl)n3-c2ccc(Cl)cc2)CC1. The number of piperazine rings is 1. The minimum absolute atomic E-state index is 0.278. The number of nitrogens with zero attached hydrogens (tertiary/aromatic N) is 7. The Morgan fingerprint density at radius 3 is 2.24 bits per heavy atom. The third kappa shape index (κ3) is 4.48. The van der Waals surface area contributed by atoms with Gasteiger partial charge in [-0.05, 0) is 42.0 Å². The van der Waals surface area contributed by atoms with E-state index in [2.05, 4.69) is 25.8 Å². The van der Waals surface area contributed by atoms with Crippen molar-refractivity contribution in [2.24, 2.45) is 0 Å². The van der Waals surface area contributed by atoms with Crippen molar-refractivity contribution >= 4 is 40.2 Å². The van der Waals surface area contributed by atoms with Gasteiger partial charge in [0.2, 0.25) is 0 Å². The van der Waals surface area contributed by atoms with Gasteiger partial charge in [0.1, 0.15) is 18.2 Å². The number of imidazole rings is 1. The molecule has 1 atom stereocenters. The molecule has 0 radical (unpaired) electrons. The monoisotopic (exact) mass is 539 g/mol. The van der Waals surface area contributed by atoms with E-state index < -0.39 is 0 Å². The molecule has 1 aliphatic heterocycles. The average molecular weight is 540 g/mol. The molecule has 0 amide bonds. The molecule has 0 saturated carbocycles. The fourth-order valence-corrected chi connectivity index (χ4v) is 5.31. The highest BCUT2D eigenvalue weighted by Crippen LogP contribution is 2.35. The van der Waals surface area contributed by atoms with Gasteiger partial charge in [-0.1, -0.05) is 65.7 Å². The number of hydrogen-bond acceptors (Lipinski definition) is 6. The van der Waals surface area contributed by atoms with Crippen LogP contribution in [0.5, 0.6) is 0 Å². The quantitative estimate of drug-likeness (QED) is 0.265. The predicted molar refractivity (Wildman–Crippen MR) is 151 cm³/mol. The van der Waals surface area contributed by atoms with Gasteiger partial charge in [0.05, 0.1) is 11.1 Å². The van der Waals surface area contributed by atoms with Gasteiger partial charge in [-0.15, -0.1) is 0 Å². The summed E-state index contributed by atoms with van der Waals surface area (Å²) in [4.78, 5) is 18.8. The van der Waals surface area contributed by atoms with Crippen molar-refractivity contribution in [1.29, 1.82) is 5.26 Å². The van der Waals surface area contributed by atoms with Crippen LogP contribution < -0.4 is 4.90 Å². The van der Waals surface area contributed by atoms with Crippen LogP contribution in [0, 0.1) is 11.3 Å². The van der Waals surface area contributed by atoms with Crippen molar-refractivity contribution in [2.45, 2.75) is 6.04 Å². The summed E-state index contributed by atoms with van der Waals surface area (Å²) in [5.41, 5.74) is 4.08. The van der Waals surface area contributed by atoms with Crippen molar-refractivity contribution in [3.05, 3.63) is 101 Å². The van der Waals surface area contributed by atoms with E-state index in [9.17, 15) is 5.26 Å². The van der Waals surface area contributed by atoms with Crippen LogP contribution in [-0.2, 0) is 0 Å². The maximum absolute atomic E-state index is 9.89. The normalized spacial score (nSPS) is 14.9. The Morgan fingerprint density at radius 1 is 0.816 bits per heavy atom. The van der Waals surface area contributed by atoms with Gasteiger partial charge in [-0.3, -0.25) is 9.47 Å². The molecule has 0 spiro atoms. The molecule has 6 rings (SSSR count). The Balaban J connectivity index is 1.39. The number of benzene rings is 3. The zero-order valence-electron chi connectivity index (χ0n) is 20.4. The van der Waals surface area contributed by atoms with Gasteiger partial charge < -0.3 is 4.90 Å². The fourth-order valence-electron chi connectivity index (χ4n) is 4.96. The number of halogens is 2. The molecular weight excluding hydrogens is 517 g/mol. The smallest absolute Gasteiger partial charge is 0.170 e. The molecule has 188 valence electrons. The largest absolute Gasteiger partial charge is 0.352 e. The summed E-state index contributed by atoms with van der Waals surface area (Å²) in [6, 6.07) is 27.3. The van der Waals surface area contributed by atoms with E-state index in [1.54, 1.807) is 6.33 Å². The number of hydrogen-bond donors (Lipinski definition) is 0. The van der Waals surface area contributed by atoms with Crippen LogP contribution in [0.4, 0.5) is 5.82 Å². The van der Waals surface area contributed by atoms with E-state index in [1.807, 2.05) is 83.4 Å². The van der Waals surface area contributed by atoms with Gasteiger partial charge >= 0.3 is 0 Å². The molecule has 2 aromatic heterocycles. The van der Waals surface area contributed by atoms with Gasteiger partial charge in [0.15, 0.2) is 17.0 Å². The van der Waals surface area contributed by atoms with E-state index in [0.717, 1.165) is 35.7 Å². The number of fused-ring (bicyclic) bond motifs is 1. The molecular formula is C29H23Cl2N7. The lowest BCUT2D eigenvalue weighted by molar-refractivity contribution is 0.222. The number of nitriles is 1. The van der Waals surface area contributed by atoms with Crippen LogP contribution in [0.15, 0.2) is 85.2 Å². The molecule has 3 heterocycles. The van der Waals surface area contributed by atoms with Crippen molar-refractivity contribution in [1.82, 2.24) is 24.4 Å². The zero-order chi connectivity index (χ0) is 26.1. The Bertz CT molecular complexity index is 1620. The summed E-state index contributed by atoms with van der Waals surface area (Å²) in [5.74, 6) is 1.45. The summed E-state index contributed by atoms with van der Waals surface area (Å²) in [7, 11) is 0. The van der Waals surface area contributed by atoms with Crippen molar-refractivity contribution in [3.8, 4) is 23.1 Å². The highest BCUT2D eigenvalue weighted by Gasteiger charge is 2.28. The third-order valence-electron chi connectivity index (χ3n) is 6.84. The second kappa shape index (κ2) is 10.4. The molecule has 0 aliphatic carbocycles. The Hall–Kier alpha value is -3.96. The van der Waals surface area contributed by atoms with Crippen molar-refractivity contribution < 1.29 is 0 Å². The van der Waals surface area contributed by atoms with Crippen molar-refractivity contribution in [3.63, 3.8) is 0 Å². The maximum Gasteiger partial charge on any atom is 0.170 e. The van der Waals surface area contributed by atoms with Gasteiger partial charge in [-0.2, -0.15) is 5.26 Å². The van der Waals surface area contributed by atoms with Gasteiger partial charge in [0, 0.05) is 42.5 Å². The van der Waals surface area contributed by atoms with Gasteiger partial charge in [-0.25, -0.2) is 15.0 Å². The Morgan fingerprint density at radius 2 is 1.53 bits per heavy atom. The molecule has 9 heteroatoms. The first-order chi connectivity index (χ1) is 18.6. The highest BCUT2D eigenvalue weighted by atomic mass is 35.5. The Labute approximate surface area is 230 Å². The molecule has 7 nitrogen and oxygen atoms in total.